The quantitative estimate of drug-likeness (QED) is 0.844. The summed E-state index contributed by atoms with van der Waals surface area (Å²) < 4.78 is 13.1. The minimum Gasteiger partial charge on any atom is -0.310 e. The number of pyridine rings is 1. The molecule has 1 aromatic rings. The summed E-state index contributed by atoms with van der Waals surface area (Å²) in [6.07, 6.45) is 2.94. The fourth-order valence-electron chi connectivity index (χ4n) is 2.12. The Morgan fingerprint density at radius 3 is 2.61 bits per heavy atom. The second-order valence-corrected chi connectivity index (χ2v) is 5.94. The largest absolute Gasteiger partial charge is 0.310 e. The average molecular weight is 253 g/mol. The highest BCUT2D eigenvalue weighted by Crippen LogP contribution is 2.18. The first-order valence-electron chi connectivity index (χ1n) is 6.29. The Kier molecular flexibility index (Phi) is 5.23. The third-order valence-electron chi connectivity index (χ3n) is 2.86. The van der Waals surface area contributed by atoms with Crippen LogP contribution in [0.5, 0.6) is 0 Å². The predicted molar refractivity (Wildman–Crippen MR) is 72.9 cm³/mol. The van der Waals surface area contributed by atoms with Gasteiger partial charge in [-0.25, -0.2) is 4.39 Å². The summed E-state index contributed by atoms with van der Waals surface area (Å²) in [7, 11) is 4.14. The van der Waals surface area contributed by atoms with E-state index < -0.39 is 0 Å². The van der Waals surface area contributed by atoms with Gasteiger partial charge in [-0.15, -0.1) is 0 Å². The first-order chi connectivity index (χ1) is 8.30. The van der Waals surface area contributed by atoms with Crippen LogP contribution in [0.3, 0.4) is 0 Å². The standard InChI is InChI=1S/C14H24FN3/c1-11(12-6-13(15)8-16-7-12)17-9-14(2,3)10-18(4)5/h6-8,11,17H,9-10H2,1-5H3. The van der Waals surface area contributed by atoms with Crippen LogP contribution in [-0.4, -0.2) is 37.1 Å². The molecular weight excluding hydrogens is 229 g/mol. The van der Waals surface area contributed by atoms with Crippen LogP contribution in [-0.2, 0) is 0 Å². The Labute approximate surface area is 109 Å². The highest BCUT2D eigenvalue weighted by atomic mass is 19.1. The third kappa shape index (κ3) is 5.10. The van der Waals surface area contributed by atoms with Crippen LogP contribution in [0.2, 0.25) is 0 Å². The Morgan fingerprint density at radius 1 is 1.39 bits per heavy atom. The molecule has 1 heterocycles. The fourth-order valence-corrected chi connectivity index (χ4v) is 2.12. The van der Waals surface area contributed by atoms with E-state index in [0.717, 1.165) is 18.7 Å². The Morgan fingerprint density at radius 2 is 2.06 bits per heavy atom. The number of halogens is 1. The van der Waals surface area contributed by atoms with Gasteiger partial charge < -0.3 is 10.2 Å². The molecule has 0 radical (unpaired) electrons. The van der Waals surface area contributed by atoms with Crippen molar-refractivity contribution >= 4 is 0 Å². The van der Waals surface area contributed by atoms with Gasteiger partial charge in [0.05, 0.1) is 6.20 Å². The lowest BCUT2D eigenvalue weighted by molar-refractivity contribution is 0.227. The molecule has 3 nitrogen and oxygen atoms in total. The van der Waals surface area contributed by atoms with Crippen molar-refractivity contribution in [3.05, 3.63) is 29.8 Å². The topological polar surface area (TPSA) is 28.2 Å². The molecule has 0 bridgehead atoms. The maximum atomic E-state index is 13.1. The van der Waals surface area contributed by atoms with E-state index in [9.17, 15) is 4.39 Å². The molecule has 0 aliphatic rings. The van der Waals surface area contributed by atoms with Gasteiger partial charge in [-0.3, -0.25) is 4.98 Å². The number of aromatic nitrogens is 1. The maximum Gasteiger partial charge on any atom is 0.141 e. The van der Waals surface area contributed by atoms with E-state index in [2.05, 4.69) is 43.1 Å². The number of nitrogens with zero attached hydrogens (tertiary/aromatic N) is 2. The van der Waals surface area contributed by atoms with E-state index in [4.69, 9.17) is 0 Å². The van der Waals surface area contributed by atoms with Crippen LogP contribution >= 0.6 is 0 Å². The molecule has 0 fully saturated rings. The molecule has 1 unspecified atom stereocenters. The summed E-state index contributed by atoms with van der Waals surface area (Å²) in [6.45, 7) is 8.35. The van der Waals surface area contributed by atoms with Gasteiger partial charge in [-0.2, -0.15) is 0 Å². The molecule has 0 saturated heterocycles. The van der Waals surface area contributed by atoms with Gasteiger partial charge in [0.2, 0.25) is 0 Å². The molecule has 0 spiro atoms. The van der Waals surface area contributed by atoms with Gasteiger partial charge >= 0.3 is 0 Å². The predicted octanol–water partition coefficient (Wildman–Crippen LogP) is 2.46. The van der Waals surface area contributed by atoms with Gasteiger partial charge in [-0.1, -0.05) is 13.8 Å². The lowest BCUT2D eigenvalue weighted by Crippen LogP contribution is -2.38. The summed E-state index contributed by atoms with van der Waals surface area (Å²) in [5.74, 6) is -0.284. The third-order valence-corrected chi connectivity index (χ3v) is 2.86. The van der Waals surface area contributed by atoms with Gasteiger partial charge in [0, 0.05) is 25.3 Å². The van der Waals surface area contributed by atoms with Crippen molar-refractivity contribution in [1.82, 2.24) is 15.2 Å². The molecular formula is C14H24FN3. The second kappa shape index (κ2) is 6.25. The highest BCUT2D eigenvalue weighted by molar-refractivity contribution is 5.14. The number of hydrogen-bond donors (Lipinski definition) is 1. The van der Waals surface area contributed by atoms with E-state index in [1.165, 1.54) is 12.3 Å². The molecule has 102 valence electrons. The van der Waals surface area contributed by atoms with Gasteiger partial charge in [-0.05, 0) is 38.1 Å². The molecule has 1 atom stereocenters. The summed E-state index contributed by atoms with van der Waals surface area (Å²) in [6, 6.07) is 1.64. The van der Waals surface area contributed by atoms with Crippen molar-refractivity contribution in [2.45, 2.75) is 26.8 Å². The Bertz CT molecular complexity index is 377. The molecule has 1 rings (SSSR count). The number of nitrogens with one attached hydrogen (secondary N) is 1. The molecule has 0 aliphatic heterocycles. The zero-order valence-corrected chi connectivity index (χ0v) is 12.0. The summed E-state index contributed by atoms with van der Waals surface area (Å²) in [5, 5.41) is 3.44. The average Bonchev–Trinajstić information content (AvgIpc) is 2.24. The van der Waals surface area contributed by atoms with Crippen molar-refractivity contribution in [2.24, 2.45) is 5.41 Å². The second-order valence-electron chi connectivity index (χ2n) is 5.94. The molecule has 18 heavy (non-hydrogen) atoms. The van der Waals surface area contributed by atoms with Crippen LogP contribution in [0.25, 0.3) is 0 Å². The van der Waals surface area contributed by atoms with Crippen LogP contribution < -0.4 is 5.32 Å². The first kappa shape index (κ1) is 15.1. The molecule has 1 aromatic heterocycles. The molecule has 0 saturated carbocycles. The van der Waals surface area contributed by atoms with Crippen molar-refractivity contribution in [1.29, 1.82) is 0 Å². The molecule has 0 aliphatic carbocycles. The number of rotatable bonds is 6. The van der Waals surface area contributed by atoms with Crippen molar-refractivity contribution < 1.29 is 4.39 Å². The Hall–Kier alpha value is -1.00. The fraction of sp³-hybridized carbons (Fsp3) is 0.643. The van der Waals surface area contributed by atoms with Crippen LogP contribution in [0.1, 0.15) is 32.4 Å². The Balaban J connectivity index is 2.53. The molecule has 4 heteroatoms. The molecule has 1 N–H and O–H groups in total. The summed E-state index contributed by atoms with van der Waals surface area (Å²) in [5.41, 5.74) is 1.06. The van der Waals surface area contributed by atoms with E-state index in [-0.39, 0.29) is 17.3 Å². The SMILES string of the molecule is CC(NCC(C)(C)CN(C)C)c1cncc(F)c1. The minimum atomic E-state index is -0.284. The monoisotopic (exact) mass is 253 g/mol. The van der Waals surface area contributed by atoms with Gasteiger partial charge in [0.1, 0.15) is 5.82 Å². The molecule has 0 aromatic carbocycles. The summed E-state index contributed by atoms with van der Waals surface area (Å²) in [4.78, 5) is 6.05. The van der Waals surface area contributed by atoms with Crippen molar-refractivity contribution in [3.8, 4) is 0 Å². The van der Waals surface area contributed by atoms with Crippen LogP contribution in [0.4, 0.5) is 4.39 Å². The zero-order valence-electron chi connectivity index (χ0n) is 12.0. The van der Waals surface area contributed by atoms with Crippen molar-refractivity contribution in [3.63, 3.8) is 0 Å². The minimum absolute atomic E-state index is 0.106. The highest BCUT2D eigenvalue weighted by Gasteiger charge is 2.20. The van der Waals surface area contributed by atoms with E-state index in [1.807, 2.05) is 6.92 Å². The lowest BCUT2D eigenvalue weighted by Gasteiger charge is -2.30. The normalized spacial score (nSPS) is 13.9. The summed E-state index contributed by atoms with van der Waals surface area (Å²) >= 11 is 0. The van der Waals surface area contributed by atoms with Crippen molar-refractivity contribution in [2.75, 3.05) is 27.2 Å². The van der Waals surface area contributed by atoms with Crippen LogP contribution in [0.15, 0.2) is 18.5 Å². The smallest absolute Gasteiger partial charge is 0.141 e. The zero-order chi connectivity index (χ0) is 13.8. The van der Waals surface area contributed by atoms with E-state index >= 15 is 0 Å². The van der Waals surface area contributed by atoms with Gasteiger partial charge in [0.15, 0.2) is 0 Å². The molecule has 0 amide bonds. The first-order valence-corrected chi connectivity index (χ1v) is 6.29. The van der Waals surface area contributed by atoms with Gasteiger partial charge in [0.25, 0.3) is 0 Å². The maximum absolute atomic E-state index is 13.1. The van der Waals surface area contributed by atoms with E-state index in [0.29, 0.717) is 0 Å². The number of hydrogen-bond acceptors (Lipinski definition) is 3. The van der Waals surface area contributed by atoms with Crippen LogP contribution in [0, 0.1) is 11.2 Å². The van der Waals surface area contributed by atoms with E-state index in [1.54, 1.807) is 6.20 Å². The lowest BCUT2D eigenvalue weighted by atomic mass is 9.92.